The van der Waals surface area contributed by atoms with Crippen LogP contribution in [0.4, 0.5) is 10.1 Å². The quantitative estimate of drug-likeness (QED) is 0.269. The van der Waals surface area contributed by atoms with Crippen molar-refractivity contribution in [2.45, 2.75) is 69.8 Å². The lowest BCUT2D eigenvalue weighted by Gasteiger charge is -2.36. The molecule has 0 saturated heterocycles. The predicted molar refractivity (Wildman–Crippen MR) is 149 cm³/mol. The summed E-state index contributed by atoms with van der Waals surface area (Å²) < 4.78 is 18.0. The van der Waals surface area contributed by atoms with Gasteiger partial charge in [0.05, 0.1) is 57.8 Å². The van der Waals surface area contributed by atoms with Gasteiger partial charge < -0.3 is 15.7 Å². The molecule has 4 aromatic rings. The molecule has 12 heteroatoms. The lowest BCUT2D eigenvalue weighted by molar-refractivity contribution is -0.00177. The van der Waals surface area contributed by atoms with E-state index in [-0.39, 0.29) is 18.2 Å². The van der Waals surface area contributed by atoms with Gasteiger partial charge >= 0.3 is 0 Å². The molecular weight excluding hydrogens is 525 g/mol. The summed E-state index contributed by atoms with van der Waals surface area (Å²) in [5.74, 6) is 0.524. The van der Waals surface area contributed by atoms with Crippen LogP contribution in [0.2, 0.25) is 0 Å². The molecule has 1 atom stereocenters. The second kappa shape index (κ2) is 10.6. The number of anilines is 1. The minimum absolute atomic E-state index is 0.138. The Balaban J connectivity index is 1.20. The Labute approximate surface area is 236 Å². The molecule has 2 aliphatic carbocycles. The molecule has 4 aromatic heterocycles. The van der Waals surface area contributed by atoms with Crippen molar-refractivity contribution in [3.8, 4) is 17.5 Å². The zero-order valence-corrected chi connectivity index (χ0v) is 23.0. The molecule has 0 spiro atoms. The molecule has 2 saturated carbocycles. The number of carbonyl (C=O) groups excluding carboxylic acids is 1. The Morgan fingerprint density at radius 1 is 1.27 bits per heavy atom. The average Bonchev–Trinajstić information content (AvgIpc) is 3.53. The van der Waals surface area contributed by atoms with Crippen molar-refractivity contribution in [1.29, 1.82) is 5.26 Å². The van der Waals surface area contributed by atoms with Gasteiger partial charge in [-0.3, -0.25) is 14.5 Å². The minimum atomic E-state index is -1.63. The van der Waals surface area contributed by atoms with E-state index in [0.717, 1.165) is 30.6 Å². The second-order valence-electron chi connectivity index (χ2n) is 11.7. The Morgan fingerprint density at radius 3 is 2.80 bits per heavy atom. The fraction of sp³-hybridized carbons (Fsp3) is 0.448. The van der Waals surface area contributed by atoms with E-state index in [0.29, 0.717) is 34.5 Å². The van der Waals surface area contributed by atoms with Crippen LogP contribution in [0.5, 0.6) is 0 Å². The number of carbonyl (C=O) groups is 1. The van der Waals surface area contributed by atoms with E-state index in [2.05, 4.69) is 43.3 Å². The molecule has 0 unspecified atom stereocenters. The number of hydrogen-bond donors (Lipinski definition) is 3. The largest absolute Gasteiger partial charge is 0.387 e. The van der Waals surface area contributed by atoms with Gasteiger partial charge in [0.2, 0.25) is 0 Å². The van der Waals surface area contributed by atoms with Gasteiger partial charge in [0.1, 0.15) is 12.2 Å². The number of halogens is 1. The Bertz CT molecular complexity index is 1620. The van der Waals surface area contributed by atoms with Gasteiger partial charge in [0.15, 0.2) is 0 Å². The first kappa shape index (κ1) is 26.8. The minimum Gasteiger partial charge on any atom is -0.387 e. The van der Waals surface area contributed by atoms with Crippen LogP contribution < -0.4 is 10.6 Å². The predicted octanol–water partition coefficient (Wildman–Crippen LogP) is 3.47. The molecular formula is C29H32FN9O2. The Kier molecular flexibility index (Phi) is 6.91. The summed E-state index contributed by atoms with van der Waals surface area (Å²) in [4.78, 5) is 17.7. The number of aliphatic hydroxyl groups is 1. The number of alkyl halides is 1. The lowest BCUT2D eigenvalue weighted by atomic mass is 9.80. The van der Waals surface area contributed by atoms with E-state index in [9.17, 15) is 19.6 Å². The van der Waals surface area contributed by atoms with Crippen molar-refractivity contribution < 1.29 is 14.3 Å². The zero-order valence-electron chi connectivity index (χ0n) is 23.0. The van der Waals surface area contributed by atoms with E-state index >= 15 is 0 Å². The van der Waals surface area contributed by atoms with Crippen molar-refractivity contribution >= 4 is 17.1 Å². The summed E-state index contributed by atoms with van der Waals surface area (Å²) in [7, 11) is 0. The molecule has 2 fully saturated rings. The van der Waals surface area contributed by atoms with E-state index in [4.69, 9.17) is 0 Å². The third-order valence-electron chi connectivity index (χ3n) is 7.84. The number of aromatic nitrogens is 6. The van der Waals surface area contributed by atoms with E-state index < -0.39 is 17.7 Å². The molecule has 41 heavy (non-hydrogen) atoms. The van der Waals surface area contributed by atoms with Crippen LogP contribution in [0.3, 0.4) is 0 Å². The maximum Gasteiger partial charge on any atom is 0.255 e. The highest BCUT2D eigenvalue weighted by Crippen LogP contribution is 2.39. The topological polar surface area (TPSA) is 146 Å². The standard InChI is InChI=1S/C29H32FN9O2/c1-29(2,41)27(30)14-33-28(40)22-13-32-24(26-6-5-21-9-18(11-31)12-34-39(21)26)10-23(22)35-20-7-17(8-20)15-38-16-25(36-37-38)19-3-4-19/h5-6,9-10,12-13,16-17,19-20,27,41H,3-4,7-8,14-15H2,1-2H3,(H,32,35)(H,33,40)/t17?,20?,27-/m1/s1. The zero-order chi connectivity index (χ0) is 28.7. The molecule has 2 aliphatic rings. The van der Waals surface area contributed by atoms with E-state index in [1.54, 1.807) is 16.6 Å². The molecule has 1 amide bonds. The SMILES string of the molecule is CC(C)(O)[C@H](F)CNC(=O)c1cnc(-c2ccc3cc(C#N)cnn23)cc1NC1CC(Cn2cc(C3CC3)nn2)C1. The van der Waals surface area contributed by atoms with Gasteiger partial charge in [-0.15, -0.1) is 5.10 Å². The molecule has 212 valence electrons. The van der Waals surface area contributed by atoms with Crippen molar-refractivity contribution in [2.24, 2.45) is 5.92 Å². The van der Waals surface area contributed by atoms with Gasteiger partial charge in [-0.05, 0) is 69.7 Å². The summed E-state index contributed by atoms with van der Waals surface area (Å²) in [5.41, 5.74) is 2.86. The Morgan fingerprint density at radius 2 is 2.07 bits per heavy atom. The third-order valence-corrected chi connectivity index (χ3v) is 7.84. The highest BCUT2D eigenvalue weighted by Gasteiger charge is 2.32. The van der Waals surface area contributed by atoms with Gasteiger partial charge in [-0.1, -0.05) is 5.21 Å². The monoisotopic (exact) mass is 557 g/mol. The number of pyridine rings is 1. The van der Waals surface area contributed by atoms with Crippen LogP contribution in [0.25, 0.3) is 16.9 Å². The number of rotatable bonds is 10. The molecule has 0 radical (unpaired) electrons. The van der Waals surface area contributed by atoms with Crippen LogP contribution >= 0.6 is 0 Å². The number of amides is 1. The summed E-state index contributed by atoms with van der Waals surface area (Å²) >= 11 is 0. The van der Waals surface area contributed by atoms with Crippen molar-refractivity contribution in [1.82, 2.24) is 34.9 Å². The average molecular weight is 558 g/mol. The molecule has 6 rings (SSSR count). The van der Waals surface area contributed by atoms with Crippen LogP contribution in [0.1, 0.15) is 67.1 Å². The first-order valence-electron chi connectivity index (χ1n) is 13.9. The second-order valence-corrected chi connectivity index (χ2v) is 11.7. The Hall–Kier alpha value is -4.37. The lowest BCUT2D eigenvalue weighted by Crippen LogP contribution is -2.42. The van der Waals surface area contributed by atoms with Crippen LogP contribution in [0, 0.1) is 17.2 Å². The fourth-order valence-corrected chi connectivity index (χ4v) is 5.13. The number of nitriles is 1. The normalized spacial score (nSPS) is 19.4. The first-order valence-corrected chi connectivity index (χ1v) is 13.9. The molecule has 3 N–H and O–H groups in total. The van der Waals surface area contributed by atoms with E-state index in [1.807, 2.05) is 16.8 Å². The maximum atomic E-state index is 14.3. The first-order chi connectivity index (χ1) is 19.7. The fourth-order valence-electron chi connectivity index (χ4n) is 5.13. The van der Waals surface area contributed by atoms with Gasteiger partial charge in [0, 0.05) is 30.9 Å². The number of fused-ring (bicyclic) bond motifs is 1. The number of nitrogens with one attached hydrogen (secondary N) is 2. The van der Waals surface area contributed by atoms with Crippen LogP contribution in [0.15, 0.2) is 42.9 Å². The van der Waals surface area contributed by atoms with Gasteiger partial charge in [0.25, 0.3) is 5.91 Å². The van der Waals surface area contributed by atoms with Crippen molar-refractivity contribution in [3.63, 3.8) is 0 Å². The van der Waals surface area contributed by atoms with Gasteiger partial charge in [-0.25, -0.2) is 8.91 Å². The molecule has 0 aliphatic heterocycles. The highest BCUT2D eigenvalue weighted by molar-refractivity contribution is 6.00. The van der Waals surface area contributed by atoms with Gasteiger partial charge in [-0.2, -0.15) is 10.4 Å². The molecule has 0 bridgehead atoms. The molecule has 11 nitrogen and oxygen atoms in total. The molecule has 4 heterocycles. The van der Waals surface area contributed by atoms with E-state index in [1.165, 1.54) is 39.1 Å². The van der Waals surface area contributed by atoms with Crippen molar-refractivity contribution in [2.75, 3.05) is 11.9 Å². The maximum absolute atomic E-state index is 14.3. The summed E-state index contributed by atoms with van der Waals surface area (Å²) in [5, 5.41) is 38.2. The van der Waals surface area contributed by atoms with Crippen LogP contribution in [-0.4, -0.2) is 65.0 Å². The summed E-state index contributed by atoms with van der Waals surface area (Å²) in [6.45, 7) is 3.20. The smallest absolute Gasteiger partial charge is 0.255 e. The highest BCUT2D eigenvalue weighted by atomic mass is 19.1. The van der Waals surface area contributed by atoms with Crippen LogP contribution in [-0.2, 0) is 6.54 Å². The summed E-state index contributed by atoms with van der Waals surface area (Å²) in [6, 6.07) is 9.48. The number of nitrogens with zero attached hydrogens (tertiary/aromatic N) is 7. The third kappa shape index (κ3) is 5.76. The number of hydrogen-bond acceptors (Lipinski definition) is 8. The molecule has 0 aromatic carbocycles. The van der Waals surface area contributed by atoms with Crippen molar-refractivity contribution in [3.05, 3.63) is 59.7 Å². The summed E-state index contributed by atoms with van der Waals surface area (Å²) in [6.07, 6.45) is 7.57.